The van der Waals surface area contributed by atoms with Gasteiger partial charge >= 0.3 is 0 Å². The molecule has 52 heavy (non-hydrogen) atoms. The molecule has 0 radical (unpaired) electrons. The molecule has 1 aliphatic carbocycles. The van der Waals surface area contributed by atoms with E-state index in [2.05, 4.69) is 158 Å². The standard InChI is InChI=1S/C50H31NO/c1-4-12-34(13-5-1)49-51-46-27-25-33-22-20-32-21-23-37(28-42(32)47(33)48(46)52-49)38-24-26-41-43-29-35-14-10-11-15-36(35)30-45(43)50(44(41)31-38,39-16-6-2-7-17-39)40-18-8-3-9-19-40/h1-31H. The number of hydrogen-bond donors (Lipinski definition) is 0. The molecule has 1 aliphatic rings. The number of aromatic nitrogens is 1. The van der Waals surface area contributed by atoms with Crippen LogP contribution >= 0.6 is 0 Å². The maximum atomic E-state index is 6.56. The fraction of sp³-hybridized carbons (Fsp3) is 0.0200. The molecule has 2 heteroatoms. The molecule has 10 aromatic rings. The molecule has 0 spiro atoms. The Morgan fingerprint density at radius 3 is 1.73 bits per heavy atom. The Morgan fingerprint density at radius 2 is 0.981 bits per heavy atom. The van der Waals surface area contributed by atoms with E-state index >= 15 is 0 Å². The second kappa shape index (κ2) is 11.1. The lowest BCUT2D eigenvalue weighted by molar-refractivity contribution is 0.623. The summed E-state index contributed by atoms with van der Waals surface area (Å²) in [5, 5.41) is 7.06. The zero-order chi connectivity index (χ0) is 34.2. The number of fused-ring (bicyclic) bond motifs is 9. The Bertz CT molecular complexity index is 2960. The van der Waals surface area contributed by atoms with Crippen LogP contribution in [0.15, 0.2) is 192 Å². The van der Waals surface area contributed by atoms with E-state index in [0.29, 0.717) is 5.89 Å². The molecule has 0 aliphatic heterocycles. The Labute approximate surface area is 301 Å². The van der Waals surface area contributed by atoms with Crippen molar-refractivity contribution in [1.29, 1.82) is 0 Å². The highest BCUT2D eigenvalue weighted by atomic mass is 16.3. The van der Waals surface area contributed by atoms with Gasteiger partial charge < -0.3 is 4.42 Å². The highest BCUT2D eigenvalue weighted by molar-refractivity contribution is 6.18. The van der Waals surface area contributed by atoms with Crippen LogP contribution < -0.4 is 0 Å². The summed E-state index contributed by atoms with van der Waals surface area (Å²) in [7, 11) is 0. The average molecular weight is 662 g/mol. The SMILES string of the molecule is c1ccc(-c2nc3ccc4ccc5ccc(-c6ccc7c(c6)C(c6ccccc6)(c6ccccc6)c6cc8ccccc8cc6-7)cc5c4c3o2)cc1. The van der Waals surface area contributed by atoms with Gasteiger partial charge in [-0.15, -0.1) is 0 Å². The molecular weight excluding hydrogens is 631 g/mol. The van der Waals surface area contributed by atoms with Crippen molar-refractivity contribution in [3.05, 3.63) is 210 Å². The van der Waals surface area contributed by atoms with Crippen LogP contribution in [-0.2, 0) is 5.41 Å². The predicted octanol–water partition coefficient (Wildman–Crippen LogP) is 13.0. The maximum Gasteiger partial charge on any atom is 0.227 e. The highest BCUT2D eigenvalue weighted by Crippen LogP contribution is 2.57. The first-order valence-corrected chi connectivity index (χ1v) is 17.9. The van der Waals surface area contributed by atoms with Crippen LogP contribution in [-0.4, -0.2) is 4.98 Å². The van der Waals surface area contributed by atoms with Gasteiger partial charge in [0.05, 0.1) is 5.41 Å². The summed E-state index contributed by atoms with van der Waals surface area (Å²) in [5.41, 5.74) is 12.2. The largest absolute Gasteiger partial charge is 0.435 e. The van der Waals surface area contributed by atoms with Gasteiger partial charge in [-0.3, -0.25) is 0 Å². The zero-order valence-electron chi connectivity index (χ0n) is 28.3. The van der Waals surface area contributed by atoms with Gasteiger partial charge in [-0.25, -0.2) is 4.98 Å². The second-order valence-electron chi connectivity index (χ2n) is 13.9. The molecule has 242 valence electrons. The Kier molecular flexibility index (Phi) is 6.20. The van der Waals surface area contributed by atoms with Crippen LogP contribution in [0.4, 0.5) is 0 Å². The molecule has 0 saturated heterocycles. The summed E-state index contributed by atoms with van der Waals surface area (Å²) in [6.07, 6.45) is 0. The van der Waals surface area contributed by atoms with E-state index in [1.165, 1.54) is 60.7 Å². The van der Waals surface area contributed by atoms with E-state index < -0.39 is 5.41 Å². The van der Waals surface area contributed by atoms with Crippen molar-refractivity contribution in [3.8, 4) is 33.7 Å². The average Bonchev–Trinajstić information content (AvgIpc) is 3.78. The van der Waals surface area contributed by atoms with E-state index in [0.717, 1.165) is 32.8 Å². The summed E-state index contributed by atoms with van der Waals surface area (Å²) in [4.78, 5) is 4.91. The van der Waals surface area contributed by atoms with Gasteiger partial charge in [0.25, 0.3) is 0 Å². The molecule has 0 bridgehead atoms. The summed E-state index contributed by atoms with van der Waals surface area (Å²) in [5.74, 6) is 0.639. The van der Waals surface area contributed by atoms with Crippen molar-refractivity contribution >= 4 is 43.4 Å². The molecule has 0 amide bonds. The fourth-order valence-electron chi connectivity index (χ4n) is 8.76. The molecule has 0 fully saturated rings. The van der Waals surface area contributed by atoms with Crippen LogP contribution in [0.1, 0.15) is 22.3 Å². The number of benzene rings is 9. The molecule has 11 rings (SSSR count). The summed E-state index contributed by atoms with van der Waals surface area (Å²) in [6, 6.07) is 68.3. The van der Waals surface area contributed by atoms with Crippen molar-refractivity contribution in [2.75, 3.05) is 0 Å². The van der Waals surface area contributed by atoms with Crippen molar-refractivity contribution in [1.82, 2.24) is 4.98 Å². The molecule has 1 aromatic heterocycles. The van der Waals surface area contributed by atoms with Gasteiger partial charge in [-0.05, 0) is 114 Å². The lowest BCUT2D eigenvalue weighted by Crippen LogP contribution is -2.28. The number of nitrogens with zero attached hydrogens (tertiary/aromatic N) is 1. The Hall–Kier alpha value is -6.77. The smallest absolute Gasteiger partial charge is 0.227 e. The lowest BCUT2D eigenvalue weighted by atomic mass is 9.67. The van der Waals surface area contributed by atoms with Crippen LogP contribution in [0.2, 0.25) is 0 Å². The molecule has 2 nitrogen and oxygen atoms in total. The van der Waals surface area contributed by atoms with Crippen molar-refractivity contribution in [2.24, 2.45) is 0 Å². The molecule has 0 atom stereocenters. The predicted molar refractivity (Wildman–Crippen MR) is 215 cm³/mol. The summed E-state index contributed by atoms with van der Waals surface area (Å²) in [6.45, 7) is 0. The third-order valence-electron chi connectivity index (χ3n) is 11.1. The number of oxazole rings is 1. The first-order valence-electron chi connectivity index (χ1n) is 17.9. The highest BCUT2D eigenvalue weighted by Gasteiger charge is 2.46. The first kappa shape index (κ1) is 29.0. The number of rotatable bonds is 4. The van der Waals surface area contributed by atoms with Crippen LogP contribution in [0.5, 0.6) is 0 Å². The summed E-state index contributed by atoms with van der Waals surface area (Å²) >= 11 is 0. The van der Waals surface area contributed by atoms with Crippen LogP contribution in [0.25, 0.3) is 77.1 Å². The van der Waals surface area contributed by atoms with Crippen LogP contribution in [0.3, 0.4) is 0 Å². The Balaban J connectivity index is 1.17. The summed E-state index contributed by atoms with van der Waals surface area (Å²) < 4.78 is 6.56. The zero-order valence-corrected chi connectivity index (χ0v) is 28.3. The monoisotopic (exact) mass is 661 g/mol. The van der Waals surface area contributed by atoms with Gasteiger partial charge in [-0.2, -0.15) is 0 Å². The van der Waals surface area contributed by atoms with E-state index in [-0.39, 0.29) is 0 Å². The third-order valence-corrected chi connectivity index (χ3v) is 11.1. The molecule has 9 aromatic carbocycles. The van der Waals surface area contributed by atoms with E-state index in [4.69, 9.17) is 9.40 Å². The fourth-order valence-corrected chi connectivity index (χ4v) is 8.76. The van der Waals surface area contributed by atoms with Gasteiger partial charge in [0, 0.05) is 10.9 Å². The van der Waals surface area contributed by atoms with Crippen molar-refractivity contribution in [2.45, 2.75) is 5.41 Å². The lowest BCUT2D eigenvalue weighted by Gasteiger charge is -2.34. The van der Waals surface area contributed by atoms with E-state index in [9.17, 15) is 0 Å². The molecule has 0 N–H and O–H groups in total. The quantitative estimate of drug-likeness (QED) is 0.175. The number of hydrogen-bond acceptors (Lipinski definition) is 2. The maximum absolute atomic E-state index is 6.56. The molecule has 0 saturated carbocycles. The van der Waals surface area contributed by atoms with Crippen molar-refractivity contribution < 1.29 is 4.42 Å². The topological polar surface area (TPSA) is 26.0 Å². The minimum absolute atomic E-state index is 0.489. The molecule has 0 unspecified atom stereocenters. The van der Waals surface area contributed by atoms with Gasteiger partial charge in [-0.1, -0.05) is 146 Å². The molecular formula is C50H31NO. The second-order valence-corrected chi connectivity index (χ2v) is 13.9. The molecule has 1 heterocycles. The van der Waals surface area contributed by atoms with E-state index in [1.807, 2.05) is 30.3 Å². The normalized spacial score (nSPS) is 13.2. The van der Waals surface area contributed by atoms with Gasteiger partial charge in [0.1, 0.15) is 5.52 Å². The van der Waals surface area contributed by atoms with Crippen molar-refractivity contribution in [3.63, 3.8) is 0 Å². The first-order chi connectivity index (χ1) is 25.8. The van der Waals surface area contributed by atoms with Gasteiger partial charge in [0.2, 0.25) is 5.89 Å². The van der Waals surface area contributed by atoms with Crippen LogP contribution in [0, 0.1) is 0 Å². The minimum Gasteiger partial charge on any atom is -0.435 e. The van der Waals surface area contributed by atoms with E-state index in [1.54, 1.807) is 0 Å². The third kappa shape index (κ3) is 4.15. The Morgan fingerprint density at radius 1 is 0.404 bits per heavy atom. The van der Waals surface area contributed by atoms with Gasteiger partial charge in [0.15, 0.2) is 5.58 Å². The minimum atomic E-state index is -0.489.